The van der Waals surface area contributed by atoms with Crippen LogP contribution in [-0.4, -0.2) is 30.3 Å². The molecule has 0 aliphatic carbocycles. The maximum Gasteiger partial charge on any atom is 0.306 e. The summed E-state index contributed by atoms with van der Waals surface area (Å²) in [6, 6.07) is 19.9. The molecule has 9 nitrogen and oxygen atoms in total. The van der Waals surface area contributed by atoms with Crippen LogP contribution in [0.25, 0.3) is 0 Å². The molecule has 0 aromatic heterocycles. The molecule has 0 fully saturated rings. The number of carbonyl (C=O) groups excluding carboxylic acids is 4. The maximum absolute atomic E-state index is 12.1. The summed E-state index contributed by atoms with van der Waals surface area (Å²) in [7, 11) is 0. The van der Waals surface area contributed by atoms with Crippen LogP contribution in [-0.2, 0) is 19.1 Å². The number of ether oxygens (including phenoxy) is 2. The summed E-state index contributed by atoms with van der Waals surface area (Å²) < 4.78 is 10.6. The molecule has 3 aromatic rings. The smallest absolute Gasteiger partial charge is 0.306 e. The van der Waals surface area contributed by atoms with Crippen molar-refractivity contribution in [3.05, 3.63) is 88.4 Å². The SMILES string of the molecule is O=C(COC(=O)CCCC(=O)Nc1ccc(Oc2ccc(Cl)cc2Cl)cc1)NNC(=O)c1ccccc1. The largest absolute Gasteiger partial charge is 0.456 e. The van der Waals surface area contributed by atoms with E-state index in [-0.39, 0.29) is 25.2 Å². The molecule has 0 atom stereocenters. The van der Waals surface area contributed by atoms with Crippen molar-refractivity contribution in [3.63, 3.8) is 0 Å². The topological polar surface area (TPSA) is 123 Å². The number of anilines is 1. The van der Waals surface area contributed by atoms with Crippen molar-refractivity contribution < 1.29 is 28.7 Å². The van der Waals surface area contributed by atoms with Crippen LogP contribution in [0.2, 0.25) is 10.0 Å². The molecule has 3 N–H and O–H groups in total. The normalized spacial score (nSPS) is 10.2. The Balaban J connectivity index is 1.30. The Morgan fingerprint density at radius 1 is 0.784 bits per heavy atom. The highest BCUT2D eigenvalue weighted by Gasteiger charge is 2.11. The van der Waals surface area contributed by atoms with Crippen LogP contribution in [0.1, 0.15) is 29.6 Å². The van der Waals surface area contributed by atoms with E-state index in [4.69, 9.17) is 32.7 Å². The fourth-order valence-electron chi connectivity index (χ4n) is 2.95. The van der Waals surface area contributed by atoms with Gasteiger partial charge in [0.05, 0.1) is 5.02 Å². The molecule has 0 aliphatic heterocycles. The van der Waals surface area contributed by atoms with E-state index < -0.39 is 24.4 Å². The monoisotopic (exact) mass is 543 g/mol. The molecule has 0 aliphatic rings. The van der Waals surface area contributed by atoms with E-state index >= 15 is 0 Å². The van der Waals surface area contributed by atoms with Gasteiger partial charge in [0.15, 0.2) is 6.61 Å². The first-order valence-electron chi connectivity index (χ1n) is 11.1. The molecule has 3 amide bonds. The number of hydrogen-bond acceptors (Lipinski definition) is 6. The number of benzene rings is 3. The number of halogens is 2. The minimum Gasteiger partial charge on any atom is -0.456 e. The van der Waals surface area contributed by atoms with Gasteiger partial charge in [0.1, 0.15) is 11.5 Å². The third-order valence-electron chi connectivity index (χ3n) is 4.76. The Morgan fingerprint density at radius 3 is 2.22 bits per heavy atom. The lowest BCUT2D eigenvalue weighted by Crippen LogP contribution is -2.43. The van der Waals surface area contributed by atoms with Gasteiger partial charge in [-0.15, -0.1) is 0 Å². The van der Waals surface area contributed by atoms with E-state index in [9.17, 15) is 19.2 Å². The third-order valence-corrected chi connectivity index (χ3v) is 5.29. The van der Waals surface area contributed by atoms with Crippen LogP contribution in [0.4, 0.5) is 5.69 Å². The highest BCUT2D eigenvalue weighted by atomic mass is 35.5. The molecular formula is C26H23Cl2N3O6. The maximum atomic E-state index is 12.1. The lowest BCUT2D eigenvalue weighted by Gasteiger charge is -2.10. The number of esters is 1. The van der Waals surface area contributed by atoms with E-state index in [1.54, 1.807) is 72.8 Å². The molecule has 0 unspecified atom stereocenters. The molecular weight excluding hydrogens is 521 g/mol. The number of hydrazine groups is 1. The lowest BCUT2D eigenvalue weighted by molar-refractivity contribution is -0.148. The molecule has 0 spiro atoms. The van der Waals surface area contributed by atoms with Crippen molar-refractivity contribution in [1.82, 2.24) is 10.9 Å². The van der Waals surface area contributed by atoms with Gasteiger partial charge in [-0.2, -0.15) is 0 Å². The van der Waals surface area contributed by atoms with E-state index in [1.165, 1.54) is 0 Å². The first kappa shape index (κ1) is 27.5. The van der Waals surface area contributed by atoms with Crippen LogP contribution < -0.4 is 20.9 Å². The van der Waals surface area contributed by atoms with Gasteiger partial charge in [-0.1, -0.05) is 41.4 Å². The fraction of sp³-hybridized carbons (Fsp3) is 0.154. The highest BCUT2D eigenvalue weighted by molar-refractivity contribution is 6.35. The van der Waals surface area contributed by atoms with Gasteiger partial charge >= 0.3 is 5.97 Å². The van der Waals surface area contributed by atoms with Crippen LogP contribution in [0, 0.1) is 0 Å². The zero-order valence-electron chi connectivity index (χ0n) is 19.5. The average Bonchev–Trinajstić information content (AvgIpc) is 2.89. The predicted molar refractivity (Wildman–Crippen MR) is 138 cm³/mol. The van der Waals surface area contributed by atoms with Crippen molar-refractivity contribution in [1.29, 1.82) is 0 Å². The number of hydrogen-bond donors (Lipinski definition) is 3. The van der Waals surface area contributed by atoms with Gasteiger partial charge < -0.3 is 14.8 Å². The molecule has 0 saturated carbocycles. The Hall–Kier alpha value is -4.08. The minimum absolute atomic E-state index is 0.0499. The Labute approximate surface area is 223 Å². The molecule has 11 heteroatoms. The molecule has 37 heavy (non-hydrogen) atoms. The van der Waals surface area contributed by atoms with Gasteiger partial charge in [-0.25, -0.2) is 0 Å². The van der Waals surface area contributed by atoms with Gasteiger partial charge in [-0.3, -0.25) is 30.0 Å². The number of carbonyl (C=O) groups is 4. The zero-order valence-corrected chi connectivity index (χ0v) is 21.0. The second kappa shape index (κ2) is 13.9. The van der Waals surface area contributed by atoms with Crippen molar-refractivity contribution in [2.45, 2.75) is 19.3 Å². The van der Waals surface area contributed by atoms with E-state index in [1.807, 2.05) is 0 Å². The molecule has 0 heterocycles. The van der Waals surface area contributed by atoms with Gasteiger partial charge in [-0.05, 0) is 61.0 Å². The second-order valence-corrected chi connectivity index (χ2v) is 8.48. The molecule has 3 aromatic carbocycles. The standard InChI is InChI=1S/C26H23Cl2N3O6/c27-18-9-14-22(21(28)15-18)37-20-12-10-19(11-13-20)29-23(32)7-4-8-25(34)36-16-24(33)30-31-26(35)17-5-2-1-3-6-17/h1-3,5-6,9-15H,4,7-8,16H2,(H,29,32)(H,30,33)(H,31,35). The zero-order chi connectivity index (χ0) is 26.6. The van der Waals surface area contributed by atoms with Gasteiger partial charge in [0.2, 0.25) is 5.91 Å². The van der Waals surface area contributed by atoms with Gasteiger partial charge in [0.25, 0.3) is 11.8 Å². The number of rotatable bonds is 10. The molecule has 0 bridgehead atoms. The highest BCUT2D eigenvalue weighted by Crippen LogP contribution is 2.31. The third kappa shape index (κ3) is 9.47. The Kier molecular flexibility index (Phi) is 10.3. The van der Waals surface area contributed by atoms with E-state index in [0.717, 1.165) is 0 Å². The molecule has 192 valence electrons. The van der Waals surface area contributed by atoms with Gasteiger partial charge in [0, 0.05) is 29.1 Å². The first-order valence-corrected chi connectivity index (χ1v) is 11.9. The Morgan fingerprint density at radius 2 is 1.51 bits per heavy atom. The minimum atomic E-state index is -0.693. The molecule has 0 radical (unpaired) electrons. The summed E-state index contributed by atoms with van der Waals surface area (Å²) >= 11 is 12.0. The predicted octanol–water partition coefficient (Wildman–Crippen LogP) is 4.90. The summed E-state index contributed by atoms with van der Waals surface area (Å²) in [5.74, 6) is -1.15. The quantitative estimate of drug-likeness (QED) is 0.247. The van der Waals surface area contributed by atoms with Crippen LogP contribution >= 0.6 is 23.2 Å². The van der Waals surface area contributed by atoms with Crippen molar-refractivity contribution in [3.8, 4) is 11.5 Å². The molecule has 3 rings (SSSR count). The number of nitrogens with one attached hydrogen (secondary N) is 3. The van der Waals surface area contributed by atoms with Crippen LogP contribution in [0.15, 0.2) is 72.8 Å². The van der Waals surface area contributed by atoms with Crippen molar-refractivity contribution >= 4 is 52.6 Å². The summed E-state index contributed by atoms with van der Waals surface area (Å²) in [5.41, 5.74) is 5.30. The summed E-state index contributed by atoms with van der Waals surface area (Å²) in [5, 5.41) is 3.59. The Bertz CT molecular complexity index is 1250. The van der Waals surface area contributed by atoms with Crippen LogP contribution in [0.5, 0.6) is 11.5 Å². The molecule has 0 saturated heterocycles. The van der Waals surface area contributed by atoms with E-state index in [2.05, 4.69) is 16.2 Å². The summed E-state index contributed by atoms with van der Waals surface area (Å²) in [4.78, 5) is 47.6. The fourth-order valence-corrected chi connectivity index (χ4v) is 3.40. The van der Waals surface area contributed by atoms with Crippen molar-refractivity contribution in [2.24, 2.45) is 0 Å². The first-order chi connectivity index (χ1) is 17.8. The summed E-state index contributed by atoms with van der Waals surface area (Å²) in [6.45, 7) is -0.560. The second-order valence-electron chi connectivity index (χ2n) is 7.63. The number of amides is 3. The summed E-state index contributed by atoms with van der Waals surface area (Å²) in [6.07, 6.45) is 0.256. The lowest BCUT2D eigenvalue weighted by atomic mass is 10.2. The van der Waals surface area contributed by atoms with Crippen LogP contribution in [0.3, 0.4) is 0 Å². The van der Waals surface area contributed by atoms with E-state index in [0.29, 0.717) is 32.8 Å². The van der Waals surface area contributed by atoms with Crippen molar-refractivity contribution in [2.75, 3.05) is 11.9 Å². The average molecular weight is 544 g/mol.